The van der Waals surface area contributed by atoms with Crippen LogP contribution < -0.4 is 0 Å². The Labute approximate surface area is 112 Å². The molecule has 2 heteroatoms. The van der Waals surface area contributed by atoms with Gasteiger partial charge in [-0.05, 0) is 47.9 Å². The average Bonchev–Trinajstić information content (AvgIpc) is 2.62. The lowest BCUT2D eigenvalue weighted by Gasteiger charge is -2.17. The minimum absolute atomic E-state index is 0.343. The van der Waals surface area contributed by atoms with Gasteiger partial charge in [-0.2, -0.15) is 0 Å². The monoisotopic (exact) mass is 256 g/mol. The fourth-order valence-corrected chi connectivity index (χ4v) is 3.66. The number of hydrogen-bond donors (Lipinski definition) is 1. The zero-order valence-corrected chi connectivity index (χ0v) is 11.0. The molecule has 2 aromatic carbocycles. The molecule has 3 rings (SSSR count). The molecular formula is C16H16OS. The molecular weight excluding hydrogens is 240 g/mol. The molecule has 18 heavy (non-hydrogen) atoms. The van der Waals surface area contributed by atoms with Gasteiger partial charge in [0.2, 0.25) is 0 Å². The second kappa shape index (κ2) is 5.07. The first-order chi connectivity index (χ1) is 8.84. The number of hydrogen-bond acceptors (Lipinski definition) is 2. The molecule has 0 saturated heterocycles. The van der Waals surface area contributed by atoms with E-state index in [9.17, 15) is 5.11 Å². The van der Waals surface area contributed by atoms with Crippen molar-refractivity contribution in [2.75, 3.05) is 5.75 Å². The molecule has 92 valence electrons. The Morgan fingerprint density at radius 2 is 1.78 bits per heavy atom. The highest BCUT2D eigenvalue weighted by molar-refractivity contribution is 7.99. The molecule has 0 bridgehead atoms. The molecule has 0 radical (unpaired) electrons. The average molecular weight is 256 g/mol. The van der Waals surface area contributed by atoms with Crippen molar-refractivity contribution in [3.05, 3.63) is 59.7 Å². The molecule has 2 aromatic rings. The summed E-state index contributed by atoms with van der Waals surface area (Å²) in [5, 5.41) is 9.40. The van der Waals surface area contributed by atoms with Crippen LogP contribution in [0, 0.1) is 0 Å². The van der Waals surface area contributed by atoms with Gasteiger partial charge in [0.1, 0.15) is 5.75 Å². The summed E-state index contributed by atoms with van der Waals surface area (Å²) in [6.07, 6.45) is 2.43. The maximum Gasteiger partial charge on any atom is 0.115 e. The summed E-state index contributed by atoms with van der Waals surface area (Å²) in [5.41, 5.74) is 2.74. The van der Waals surface area contributed by atoms with Crippen molar-refractivity contribution in [3.8, 4) is 5.75 Å². The van der Waals surface area contributed by atoms with Gasteiger partial charge in [-0.3, -0.25) is 0 Å². The van der Waals surface area contributed by atoms with Crippen LogP contribution >= 0.6 is 11.8 Å². The molecule has 1 aliphatic rings. The van der Waals surface area contributed by atoms with Crippen LogP contribution in [0.15, 0.2) is 53.4 Å². The lowest BCUT2D eigenvalue weighted by Crippen LogP contribution is -2.00. The van der Waals surface area contributed by atoms with E-state index in [-0.39, 0.29) is 0 Å². The second-order valence-electron chi connectivity index (χ2n) is 4.67. The van der Waals surface area contributed by atoms with Gasteiger partial charge in [0.25, 0.3) is 0 Å². The van der Waals surface area contributed by atoms with Crippen molar-refractivity contribution in [3.63, 3.8) is 0 Å². The van der Waals surface area contributed by atoms with E-state index < -0.39 is 0 Å². The van der Waals surface area contributed by atoms with Crippen molar-refractivity contribution >= 4 is 11.8 Å². The molecule has 0 spiro atoms. The first kappa shape index (κ1) is 11.7. The highest BCUT2D eigenvalue weighted by Crippen LogP contribution is 2.39. The van der Waals surface area contributed by atoms with Gasteiger partial charge in [-0.15, -0.1) is 11.8 Å². The van der Waals surface area contributed by atoms with Crippen LogP contribution in [0.1, 0.15) is 29.9 Å². The Bertz CT molecular complexity index is 533. The fourth-order valence-electron chi connectivity index (χ4n) is 2.58. The minimum atomic E-state index is 0.343. The van der Waals surface area contributed by atoms with Gasteiger partial charge in [0.15, 0.2) is 0 Å². The van der Waals surface area contributed by atoms with E-state index in [2.05, 4.69) is 24.3 Å². The van der Waals surface area contributed by atoms with Crippen molar-refractivity contribution in [2.24, 2.45) is 0 Å². The Kier molecular flexibility index (Phi) is 3.28. The third kappa shape index (κ3) is 2.25. The van der Waals surface area contributed by atoms with Gasteiger partial charge in [0, 0.05) is 10.8 Å². The van der Waals surface area contributed by atoms with E-state index in [0.717, 1.165) is 0 Å². The summed E-state index contributed by atoms with van der Waals surface area (Å²) in [4.78, 5) is 1.41. The Hall–Kier alpha value is -1.41. The predicted octanol–water partition coefficient (Wildman–Crippen LogP) is 4.41. The van der Waals surface area contributed by atoms with Gasteiger partial charge in [-0.25, -0.2) is 0 Å². The molecule has 1 unspecified atom stereocenters. The van der Waals surface area contributed by atoms with Crippen LogP contribution in [0.2, 0.25) is 0 Å². The van der Waals surface area contributed by atoms with Crippen LogP contribution in [-0.4, -0.2) is 10.9 Å². The maximum atomic E-state index is 9.40. The summed E-state index contributed by atoms with van der Waals surface area (Å²) < 4.78 is 0. The highest BCUT2D eigenvalue weighted by atomic mass is 32.2. The predicted molar refractivity (Wildman–Crippen MR) is 76.3 cm³/mol. The summed E-state index contributed by atoms with van der Waals surface area (Å²) in [6, 6.07) is 16.4. The van der Waals surface area contributed by atoms with Crippen molar-refractivity contribution < 1.29 is 5.11 Å². The third-order valence-corrected chi connectivity index (χ3v) is 4.66. The van der Waals surface area contributed by atoms with Crippen LogP contribution in [0.4, 0.5) is 0 Å². The summed E-state index contributed by atoms with van der Waals surface area (Å²) >= 11 is 1.96. The number of aromatic hydroxyl groups is 1. The summed E-state index contributed by atoms with van der Waals surface area (Å²) in [6.45, 7) is 0. The zero-order chi connectivity index (χ0) is 12.4. The van der Waals surface area contributed by atoms with Crippen LogP contribution in [0.25, 0.3) is 0 Å². The first-order valence-electron chi connectivity index (χ1n) is 6.35. The van der Waals surface area contributed by atoms with E-state index >= 15 is 0 Å². The largest absolute Gasteiger partial charge is 0.508 e. The van der Waals surface area contributed by atoms with Crippen LogP contribution in [0.5, 0.6) is 5.75 Å². The van der Waals surface area contributed by atoms with E-state index in [0.29, 0.717) is 11.7 Å². The Morgan fingerprint density at radius 1 is 1.00 bits per heavy atom. The lowest BCUT2D eigenvalue weighted by molar-refractivity contribution is 0.475. The molecule has 1 atom stereocenters. The molecule has 1 aliphatic heterocycles. The minimum Gasteiger partial charge on any atom is -0.508 e. The van der Waals surface area contributed by atoms with Crippen LogP contribution in [0.3, 0.4) is 0 Å². The molecule has 1 heterocycles. The fraction of sp³-hybridized carbons (Fsp3) is 0.250. The topological polar surface area (TPSA) is 20.2 Å². The number of fused-ring (bicyclic) bond motifs is 1. The zero-order valence-electron chi connectivity index (χ0n) is 10.2. The number of benzene rings is 2. The Balaban J connectivity index is 2.03. The summed E-state index contributed by atoms with van der Waals surface area (Å²) in [5.74, 6) is 2.01. The SMILES string of the molecule is Oc1ccc(C2CCCSc3ccccc32)cc1. The molecule has 0 aliphatic carbocycles. The molecule has 0 saturated carbocycles. The lowest BCUT2D eigenvalue weighted by atomic mass is 9.88. The van der Waals surface area contributed by atoms with Crippen molar-refractivity contribution in [2.45, 2.75) is 23.7 Å². The normalized spacial score (nSPS) is 19.0. The quantitative estimate of drug-likeness (QED) is 0.815. The van der Waals surface area contributed by atoms with Gasteiger partial charge >= 0.3 is 0 Å². The van der Waals surface area contributed by atoms with Gasteiger partial charge in [-0.1, -0.05) is 30.3 Å². The van der Waals surface area contributed by atoms with E-state index in [1.54, 1.807) is 12.1 Å². The maximum absolute atomic E-state index is 9.40. The molecule has 0 fully saturated rings. The molecule has 0 aromatic heterocycles. The van der Waals surface area contributed by atoms with E-state index in [1.807, 2.05) is 23.9 Å². The number of phenolic OH excluding ortho intramolecular Hbond substituents is 1. The third-order valence-electron chi connectivity index (χ3n) is 3.48. The van der Waals surface area contributed by atoms with Crippen molar-refractivity contribution in [1.82, 2.24) is 0 Å². The van der Waals surface area contributed by atoms with E-state index in [4.69, 9.17) is 0 Å². The Morgan fingerprint density at radius 3 is 2.61 bits per heavy atom. The molecule has 1 N–H and O–H groups in total. The van der Waals surface area contributed by atoms with Gasteiger partial charge < -0.3 is 5.11 Å². The standard InChI is InChI=1S/C16H16OS/c17-13-9-7-12(8-10-13)14-5-3-11-18-16-6-2-1-4-15(14)16/h1-2,4,6-10,14,17H,3,5,11H2. The van der Waals surface area contributed by atoms with Crippen LogP contribution in [-0.2, 0) is 0 Å². The second-order valence-corrected chi connectivity index (χ2v) is 5.81. The smallest absolute Gasteiger partial charge is 0.115 e. The summed E-state index contributed by atoms with van der Waals surface area (Å²) in [7, 11) is 0. The number of phenols is 1. The molecule has 0 amide bonds. The number of thioether (sulfide) groups is 1. The van der Waals surface area contributed by atoms with Gasteiger partial charge in [0.05, 0.1) is 0 Å². The highest BCUT2D eigenvalue weighted by Gasteiger charge is 2.20. The first-order valence-corrected chi connectivity index (χ1v) is 7.34. The van der Waals surface area contributed by atoms with Crippen molar-refractivity contribution in [1.29, 1.82) is 0 Å². The molecule has 1 nitrogen and oxygen atoms in total. The number of rotatable bonds is 1. The van der Waals surface area contributed by atoms with E-state index in [1.165, 1.54) is 34.6 Å².